The average molecular weight is 253 g/mol. The van der Waals surface area contributed by atoms with Gasteiger partial charge in [-0.2, -0.15) is 11.8 Å². The van der Waals surface area contributed by atoms with Gasteiger partial charge in [-0.05, 0) is 17.7 Å². The van der Waals surface area contributed by atoms with Crippen LogP contribution in [0.3, 0.4) is 0 Å². The van der Waals surface area contributed by atoms with Crippen LogP contribution >= 0.6 is 11.8 Å². The maximum absolute atomic E-state index is 10.2. The SMILES string of the molecule is COc1cccc(C(O)CN2CCSCC2)c1. The highest BCUT2D eigenvalue weighted by atomic mass is 32.2. The van der Waals surface area contributed by atoms with E-state index in [0.717, 1.165) is 24.4 Å². The maximum atomic E-state index is 10.2. The minimum Gasteiger partial charge on any atom is -0.497 e. The van der Waals surface area contributed by atoms with Crippen molar-refractivity contribution in [1.29, 1.82) is 0 Å². The molecule has 0 aliphatic carbocycles. The Bertz CT molecular complexity index is 353. The molecule has 3 nitrogen and oxygen atoms in total. The van der Waals surface area contributed by atoms with E-state index >= 15 is 0 Å². The number of aliphatic hydroxyl groups is 1. The second-order valence-corrected chi connectivity index (χ2v) is 5.43. The molecular formula is C13H19NO2S. The molecule has 2 rings (SSSR count). The van der Waals surface area contributed by atoms with Gasteiger partial charge < -0.3 is 9.84 Å². The molecule has 1 N–H and O–H groups in total. The number of nitrogens with zero attached hydrogens (tertiary/aromatic N) is 1. The zero-order valence-corrected chi connectivity index (χ0v) is 10.9. The lowest BCUT2D eigenvalue weighted by Crippen LogP contribution is -2.35. The minimum absolute atomic E-state index is 0.423. The molecule has 0 spiro atoms. The van der Waals surface area contributed by atoms with Crippen LogP contribution in [-0.2, 0) is 0 Å². The molecule has 4 heteroatoms. The third-order valence-electron chi connectivity index (χ3n) is 3.01. The van der Waals surface area contributed by atoms with Gasteiger partial charge in [-0.15, -0.1) is 0 Å². The molecular weight excluding hydrogens is 234 g/mol. The fourth-order valence-electron chi connectivity index (χ4n) is 1.98. The van der Waals surface area contributed by atoms with Crippen LogP contribution in [0, 0.1) is 0 Å². The van der Waals surface area contributed by atoms with Crippen LogP contribution in [-0.4, -0.2) is 48.3 Å². The second kappa shape index (κ2) is 6.28. The van der Waals surface area contributed by atoms with E-state index in [2.05, 4.69) is 4.90 Å². The van der Waals surface area contributed by atoms with E-state index in [-0.39, 0.29) is 0 Å². The van der Waals surface area contributed by atoms with Crippen LogP contribution in [0.25, 0.3) is 0 Å². The van der Waals surface area contributed by atoms with Gasteiger partial charge >= 0.3 is 0 Å². The zero-order valence-electron chi connectivity index (χ0n) is 10.1. The van der Waals surface area contributed by atoms with E-state index in [0.29, 0.717) is 6.54 Å². The van der Waals surface area contributed by atoms with E-state index in [1.54, 1.807) is 7.11 Å². The molecule has 0 saturated carbocycles. The standard InChI is InChI=1S/C13H19NO2S/c1-16-12-4-2-3-11(9-12)13(15)10-14-5-7-17-8-6-14/h2-4,9,13,15H,5-8,10H2,1H3. The third kappa shape index (κ3) is 3.63. The van der Waals surface area contributed by atoms with Gasteiger partial charge in [-0.25, -0.2) is 0 Å². The molecule has 1 aliphatic rings. The summed E-state index contributed by atoms with van der Waals surface area (Å²) in [6, 6.07) is 7.67. The van der Waals surface area contributed by atoms with Gasteiger partial charge in [0.05, 0.1) is 13.2 Å². The minimum atomic E-state index is -0.423. The fraction of sp³-hybridized carbons (Fsp3) is 0.538. The van der Waals surface area contributed by atoms with Gasteiger partial charge in [0, 0.05) is 31.1 Å². The van der Waals surface area contributed by atoms with Crippen molar-refractivity contribution < 1.29 is 9.84 Å². The van der Waals surface area contributed by atoms with Gasteiger partial charge in [-0.3, -0.25) is 4.90 Å². The van der Waals surface area contributed by atoms with E-state index in [1.807, 2.05) is 36.0 Å². The van der Waals surface area contributed by atoms with Crippen molar-refractivity contribution >= 4 is 11.8 Å². The normalized spacial score (nSPS) is 18.9. The summed E-state index contributed by atoms with van der Waals surface area (Å²) in [7, 11) is 1.65. The molecule has 17 heavy (non-hydrogen) atoms. The Labute approximate surface area is 107 Å². The van der Waals surface area contributed by atoms with E-state index in [9.17, 15) is 5.11 Å². The largest absolute Gasteiger partial charge is 0.497 e. The molecule has 1 aliphatic heterocycles. The molecule has 1 fully saturated rings. The van der Waals surface area contributed by atoms with Crippen LogP contribution < -0.4 is 4.74 Å². The molecule has 1 aromatic carbocycles. The van der Waals surface area contributed by atoms with E-state index in [4.69, 9.17) is 4.74 Å². The third-order valence-corrected chi connectivity index (χ3v) is 3.96. The number of ether oxygens (including phenoxy) is 1. The number of hydrogen-bond acceptors (Lipinski definition) is 4. The predicted octanol–water partition coefficient (Wildman–Crippen LogP) is 1.78. The number of methoxy groups -OCH3 is 1. The lowest BCUT2D eigenvalue weighted by atomic mass is 10.1. The van der Waals surface area contributed by atoms with Gasteiger partial charge in [0.2, 0.25) is 0 Å². The Morgan fingerprint density at radius 2 is 2.18 bits per heavy atom. The Kier molecular flexibility index (Phi) is 4.71. The lowest BCUT2D eigenvalue weighted by molar-refractivity contribution is 0.118. The maximum Gasteiger partial charge on any atom is 0.119 e. The van der Waals surface area contributed by atoms with Gasteiger partial charge in [0.25, 0.3) is 0 Å². The van der Waals surface area contributed by atoms with Crippen LogP contribution in [0.15, 0.2) is 24.3 Å². The topological polar surface area (TPSA) is 32.7 Å². The number of rotatable bonds is 4. The van der Waals surface area contributed by atoms with Crippen LogP contribution in [0.4, 0.5) is 0 Å². The van der Waals surface area contributed by atoms with Gasteiger partial charge in [0.15, 0.2) is 0 Å². The van der Waals surface area contributed by atoms with Crippen LogP contribution in [0.5, 0.6) is 5.75 Å². The molecule has 94 valence electrons. The quantitative estimate of drug-likeness (QED) is 0.886. The summed E-state index contributed by atoms with van der Waals surface area (Å²) in [5.74, 6) is 3.14. The van der Waals surface area contributed by atoms with Crippen LogP contribution in [0.1, 0.15) is 11.7 Å². The van der Waals surface area contributed by atoms with Gasteiger partial charge in [0.1, 0.15) is 5.75 Å². The Balaban J connectivity index is 1.95. The smallest absolute Gasteiger partial charge is 0.119 e. The molecule has 1 heterocycles. The monoisotopic (exact) mass is 253 g/mol. The summed E-state index contributed by atoms with van der Waals surface area (Å²) in [5.41, 5.74) is 0.933. The van der Waals surface area contributed by atoms with Crippen molar-refractivity contribution in [2.45, 2.75) is 6.10 Å². The summed E-state index contributed by atoms with van der Waals surface area (Å²) in [5, 5.41) is 10.2. The van der Waals surface area contributed by atoms with E-state index in [1.165, 1.54) is 11.5 Å². The lowest BCUT2D eigenvalue weighted by Gasteiger charge is -2.28. The summed E-state index contributed by atoms with van der Waals surface area (Å²) in [4.78, 5) is 2.32. The predicted molar refractivity (Wildman–Crippen MR) is 71.7 cm³/mol. The summed E-state index contributed by atoms with van der Waals surface area (Å²) < 4.78 is 5.17. The molecule has 1 atom stereocenters. The molecule has 0 radical (unpaired) electrons. The number of benzene rings is 1. The molecule has 1 saturated heterocycles. The second-order valence-electron chi connectivity index (χ2n) is 4.21. The molecule has 0 aromatic heterocycles. The van der Waals surface area contributed by atoms with Crippen LogP contribution in [0.2, 0.25) is 0 Å². The Morgan fingerprint density at radius 1 is 1.41 bits per heavy atom. The fourth-order valence-corrected chi connectivity index (χ4v) is 2.96. The Hall–Kier alpha value is -0.710. The van der Waals surface area contributed by atoms with E-state index < -0.39 is 6.10 Å². The molecule has 1 aromatic rings. The summed E-state index contributed by atoms with van der Waals surface area (Å²) >= 11 is 1.98. The molecule has 0 amide bonds. The molecule has 1 unspecified atom stereocenters. The Morgan fingerprint density at radius 3 is 2.88 bits per heavy atom. The van der Waals surface area contributed by atoms with Crippen molar-refractivity contribution in [2.24, 2.45) is 0 Å². The van der Waals surface area contributed by atoms with Crippen molar-refractivity contribution in [1.82, 2.24) is 4.90 Å². The first-order valence-electron chi connectivity index (χ1n) is 5.91. The van der Waals surface area contributed by atoms with Crippen molar-refractivity contribution in [2.75, 3.05) is 38.2 Å². The number of thioether (sulfide) groups is 1. The highest BCUT2D eigenvalue weighted by molar-refractivity contribution is 7.99. The zero-order chi connectivity index (χ0) is 12.1. The van der Waals surface area contributed by atoms with Crippen molar-refractivity contribution in [3.05, 3.63) is 29.8 Å². The summed E-state index contributed by atoms with van der Waals surface area (Å²) in [6.07, 6.45) is -0.423. The highest BCUT2D eigenvalue weighted by Gasteiger charge is 2.16. The van der Waals surface area contributed by atoms with Crippen molar-refractivity contribution in [3.8, 4) is 5.75 Å². The average Bonchev–Trinajstić information content (AvgIpc) is 2.40. The first kappa shape index (κ1) is 12.7. The van der Waals surface area contributed by atoms with Crippen molar-refractivity contribution in [3.63, 3.8) is 0 Å². The highest BCUT2D eigenvalue weighted by Crippen LogP contribution is 2.21. The number of hydrogen-bond donors (Lipinski definition) is 1. The molecule has 0 bridgehead atoms. The number of β-amino-alcohol motifs (C(OH)–C–C–N with tert-alkyl or cyclic N) is 1. The summed E-state index contributed by atoms with van der Waals surface area (Å²) in [6.45, 7) is 2.87. The van der Waals surface area contributed by atoms with Gasteiger partial charge in [-0.1, -0.05) is 12.1 Å². The first-order valence-corrected chi connectivity index (χ1v) is 7.07. The first-order chi connectivity index (χ1) is 8.29. The number of aliphatic hydroxyl groups excluding tert-OH is 1.